The van der Waals surface area contributed by atoms with Gasteiger partial charge in [0.25, 0.3) is 0 Å². The summed E-state index contributed by atoms with van der Waals surface area (Å²) in [6.45, 7) is 7.80. The highest BCUT2D eigenvalue weighted by Gasteiger charge is 2.32. The van der Waals surface area contributed by atoms with Crippen molar-refractivity contribution in [2.45, 2.75) is 51.7 Å². The van der Waals surface area contributed by atoms with Gasteiger partial charge in [-0.1, -0.05) is 6.92 Å². The number of rotatable bonds is 2. The maximum absolute atomic E-state index is 6.04. The van der Waals surface area contributed by atoms with Crippen molar-refractivity contribution in [3.63, 3.8) is 0 Å². The van der Waals surface area contributed by atoms with Crippen LogP contribution in [0.1, 0.15) is 33.6 Å². The molecule has 1 saturated heterocycles. The second kappa shape index (κ2) is 4.82. The van der Waals surface area contributed by atoms with Crippen LogP contribution in [0.5, 0.6) is 0 Å². The molecule has 0 radical (unpaired) electrons. The van der Waals surface area contributed by atoms with E-state index in [1.165, 1.54) is 0 Å². The van der Waals surface area contributed by atoms with Crippen molar-refractivity contribution >= 4 is 0 Å². The first-order valence-electron chi connectivity index (χ1n) is 5.52. The van der Waals surface area contributed by atoms with Crippen LogP contribution in [0, 0.1) is 18.3 Å². The average molecular weight is 194 g/mol. The summed E-state index contributed by atoms with van der Waals surface area (Å²) in [6.07, 6.45) is 7.28. The van der Waals surface area contributed by atoms with Gasteiger partial charge >= 0.3 is 0 Å². The molecule has 1 aliphatic rings. The molecule has 80 valence electrons. The average Bonchev–Trinajstić information content (AvgIpc) is 2.15. The molecule has 0 bridgehead atoms. The zero-order valence-electron chi connectivity index (χ0n) is 9.53. The molecule has 2 nitrogen and oxygen atoms in total. The third-order valence-electron chi connectivity index (χ3n) is 3.66. The molecule has 0 aromatic heterocycles. The lowest BCUT2D eigenvalue weighted by atomic mass is 9.86. The highest BCUT2D eigenvalue weighted by Crippen LogP contribution is 2.24. The van der Waals surface area contributed by atoms with E-state index in [4.69, 9.17) is 12.2 Å². The predicted octanol–water partition coefficient (Wildman–Crippen LogP) is 1.46. The van der Waals surface area contributed by atoms with Gasteiger partial charge in [-0.25, -0.2) is 0 Å². The molecule has 1 heterocycles. The number of piperidine rings is 1. The molecule has 0 saturated carbocycles. The summed E-state index contributed by atoms with van der Waals surface area (Å²) in [5.41, 5.74) is 6.04. The van der Waals surface area contributed by atoms with E-state index in [0.29, 0.717) is 24.0 Å². The first kappa shape index (κ1) is 11.6. The minimum absolute atomic E-state index is 0.360. The highest BCUT2D eigenvalue weighted by molar-refractivity contribution is 4.94. The molecule has 4 unspecified atom stereocenters. The smallest absolute Gasteiger partial charge is 0.0240 e. The van der Waals surface area contributed by atoms with Crippen molar-refractivity contribution in [1.29, 1.82) is 0 Å². The SMILES string of the molecule is C#CCC(C)N1CCC(N)C(C)C1C. The molecule has 0 spiro atoms. The molecule has 0 aromatic rings. The Bertz CT molecular complexity index is 219. The van der Waals surface area contributed by atoms with Crippen LogP contribution >= 0.6 is 0 Å². The van der Waals surface area contributed by atoms with Crippen molar-refractivity contribution in [1.82, 2.24) is 4.90 Å². The van der Waals surface area contributed by atoms with E-state index in [1.54, 1.807) is 0 Å². The van der Waals surface area contributed by atoms with E-state index in [0.717, 1.165) is 19.4 Å². The van der Waals surface area contributed by atoms with Crippen LogP contribution in [-0.4, -0.2) is 29.6 Å². The summed E-state index contributed by atoms with van der Waals surface area (Å²) in [5, 5.41) is 0. The van der Waals surface area contributed by atoms with Crippen LogP contribution in [0.2, 0.25) is 0 Å². The van der Waals surface area contributed by atoms with Gasteiger partial charge in [0, 0.05) is 31.1 Å². The Balaban J connectivity index is 2.59. The molecule has 1 fully saturated rings. The van der Waals surface area contributed by atoms with Crippen molar-refractivity contribution in [2.24, 2.45) is 11.7 Å². The van der Waals surface area contributed by atoms with Gasteiger partial charge in [-0.2, -0.15) is 0 Å². The number of nitrogens with zero attached hydrogens (tertiary/aromatic N) is 1. The van der Waals surface area contributed by atoms with E-state index in [1.807, 2.05) is 0 Å². The predicted molar refractivity (Wildman–Crippen MR) is 60.8 cm³/mol. The van der Waals surface area contributed by atoms with Crippen molar-refractivity contribution in [3.8, 4) is 12.3 Å². The summed E-state index contributed by atoms with van der Waals surface area (Å²) in [6, 6.07) is 1.41. The molecule has 1 rings (SSSR count). The molecular formula is C12H22N2. The number of hydrogen-bond acceptors (Lipinski definition) is 2. The Hall–Kier alpha value is -0.520. The Kier molecular flexibility index (Phi) is 3.97. The largest absolute Gasteiger partial charge is 0.327 e. The zero-order chi connectivity index (χ0) is 10.7. The fourth-order valence-electron chi connectivity index (χ4n) is 2.33. The maximum Gasteiger partial charge on any atom is 0.0240 e. The van der Waals surface area contributed by atoms with Crippen LogP contribution in [0.15, 0.2) is 0 Å². The normalized spacial score (nSPS) is 36.4. The summed E-state index contributed by atoms with van der Waals surface area (Å²) < 4.78 is 0. The minimum atomic E-state index is 0.360. The molecule has 1 aliphatic heterocycles. The van der Waals surface area contributed by atoms with Gasteiger partial charge in [0.15, 0.2) is 0 Å². The maximum atomic E-state index is 6.04. The van der Waals surface area contributed by atoms with Gasteiger partial charge < -0.3 is 5.73 Å². The van der Waals surface area contributed by atoms with Gasteiger partial charge in [-0.05, 0) is 26.2 Å². The minimum Gasteiger partial charge on any atom is -0.327 e. The Morgan fingerprint density at radius 3 is 2.79 bits per heavy atom. The molecular weight excluding hydrogens is 172 g/mol. The fraction of sp³-hybridized carbons (Fsp3) is 0.833. The number of likely N-dealkylation sites (tertiary alicyclic amines) is 1. The number of terminal acetylenes is 1. The molecule has 14 heavy (non-hydrogen) atoms. The van der Waals surface area contributed by atoms with Crippen molar-refractivity contribution < 1.29 is 0 Å². The highest BCUT2D eigenvalue weighted by atomic mass is 15.2. The second-order valence-electron chi connectivity index (χ2n) is 4.55. The van der Waals surface area contributed by atoms with E-state index in [-0.39, 0.29) is 0 Å². The lowest BCUT2D eigenvalue weighted by Crippen LogP contribution is -2.54. The van der Waals surface area contributed by atoms with Crippen LogP contribution < -0.4 is 5.73 Å². The number of hydrogen-bond donors (Lipinski definition) is 1. The molecule has 2 heteroatoms. The van der Waals surface area contributed by atoms with Gasteiger partial charge in [0.2, 0.25) is 0 Å². The fourth-order valence-corrected chi connectivity index (χ4v) is 2.33. The first-order chi connectivity index (χ1) is 6.57. The summed E-state index contributed by atoms with van der Waals surface area (Å²) in [7, 11) is 0. The first-order valence-corrected chi connectivity index (χ1v) is 5.52. The lowest BCUT2D eigenvalue weighted by molar-refractivity contribution is 0.0648. The van der Waals surface area contributed by atoms with Gasteiger partial charge in [0.1, 0.15) is 0 Å². The Morgan fingerprint density at radius 2 is 2.21 bits per heavy atom. The van der Waals surface area contributed by atoms with Crippen LogP contribution in [0.4, 0.5) is 0 Å². The summed E-state index contributed by atoms with van der Waals surface area (Å²) in [4.78, 5) is 2.49. The zero-order valence-corrected chi connectivity index (χ0v) is 9.53. The Morgan fingerprint density at radius 1 is 1.57 bits per heavy atom. The van der Waals surface area contributed by atoms with Crippen molar-refractivity contribution in [2.75, 3.05) is 6.54 Å². The van der Waals surface area contributed by atoms with Crippen molar-refractivity contribution in [3.05, 3.63) is 0 Å². The molecule has 2 N–H and O–H groups in total. The third kappa shape index (κ3) is 2.29. The quantitative estimate of drug-likeness (QED) is 0.674. The lowest BCUT2D eigenvalue weighted by Gasteiger charge is -2.44. The second-order valence-corrected chi connectivity index (χ2v) is 4.55. The van der Waals surface area contributed by atoms with Gasteiger partial charge in [0.05, 0.1) is 0 Å². The molecule has 0 amide bonds. The van der Waals surface area contributed by atoms with Gasteiger partial charge in [-0.3, -0.25) is 4.90 Å². The number of nitrogens with two attached hydrogens (primary N) is 1. The summed E-state index contributed by atoms with van der Waals surface area (Å²) in [5.74, 6) is 3.31. The monoisotopic (exact) mass is 194 g/mol. The van der Waals surface area contributed by atoms with Crippen LogP contribution in [0.3, 0.4) is 0 Å². The third-order valence-corrected chi connectivity index (χ3v) is 3.66. The van der Waals surface area contributed by atoms with E-state index >= 15 is 0 Å². The van der Waals surface area contributed by atoms with E-state index < -0.39 is 0 Å². The summed E-state index contributed by atoms with van der Waals surface area (Å²) >= 11 is 0. The molecule has 0 aromatic carbocycles. The Labute approximate surface area is 87.8 Å². The van der Waals surface area contributed by atoms with E-state index in [9.17, 15) is 0 Å². The van der Waals surface area contributed by atoms with Gasteiger partial charge in [-0.15, -0.1) is 12.3 Å². The molecule has 0 aliphatic carbocycles. The topological polar surface area (TPSA) is 29.3 Å². The van der Waals surface area contributed by atoms with Crippen LogP contribution in [-0.2, 0) is 0 Å². The van der Waals surface area contributed by atoms with Crippen LogP contribution in [0.25, 0.3) is 0 Å². The standard InChI is InChI=1S/C12H22N2/c1-5-6-9(2)14-8-7-12(13)10(3)11(14)4/h1,9-12H,6-8,13H2,2-4H3. The van der Waals surface area contributed by atoms with E-state index in [2.05, 4.69) is 31.6 Å². The molecule has 4 atom stereocenters.